The number of para-hydroxylation sites is 1. The zero-order valence-corrected chi connectivity index (χ0v) is 14.1. The average molecular weight is 356 g/mol. The van der Waals surface area contributed by atoms with Gasteiger partial charge in [-0.3, -0.25) is 0 Å². The maximum Gasteiger partial charge on any atom is 0.647 e. The molecule has 0 fully saturated rings. The molecule has 0 radical (unpaired) electrons. The van der Waals surface area contributed by atoms with Gasteiger partial charge in [-0.15, -0.1) is 0 Å². The van der Waals surface area contributed by atoms with E-state index < -0.39 is 7.82 Å². The molecule has 0 aliphatic rings. The van der Waals surface area contributed by atoms with Gasteiger partial charge in [0, 0.05) is 23.5 Å². The number of nitrogens with two attached hydrogens (primary N) is 2. The summed E-state index contributed by atoms with van der Waals surface area (Å²) in [5, 5.41) is 0. The lowest BCUT2D eigenvalue weighted by Gasteiger charge is -2.19. The lowest BCUT2D eigenvalue weighted by atomic mass is 10.3. The van der Waals surface area contributed by atoms with E-state index in [0.717, 1.165) is 0 Å². The van der Waals surface area contributed by atoms with E-state index >= 15 is 0 Å². The van der Waals surface area contributed by atoms with E-state index in [0.29, 0.717) is 17.1 Å². The normalized spacial score (nSPS) is 10.9. The first-order valence-electron chi connectivity index (χ1n) is 7.47. The monoisotopic (exact) mass is 356 g/mol. The number of hydrogen-bond acceptors (Lipinski definition) is 6. The van der Waals surface area contributed by atoms with Crippen molar-refractivity contribution in [1.29, 1.82) is 0 Å². The van der Waals surface area contributed by atoms with Crippen LogP contribution in [0.5, 0.6) is 17.2 Å². The van der Waals surface area contributed by atoms with Crippen molar-refractivity contribution in [1.82, 2.24) is 0 Å². The van der Waals surface area contributed by atoms with Crippen LogP contribution in [0.25, 0.3) is 0 Å². The maximum absolute atomic E-state index is 13.2. The van der Waals surface area contributed by atoms with Crippen LogP contribution >= 0.6 is 7.82 Å². The maximum atomic E-state index is 13.2. The minimum Gasteiger partial charge on any atom is -0.399 e. The molecule has 0 aliphatic heterocycles. The molecule has 0 heterocycles. The zero-order valence-electron chi connectivity index (χ0n) is 13.2. The lowest BCUT2D eigenvalue weighted by molar-refractivity contribution is 0.298. The third-order valence-corrected chi connectivity index (χ3v) is 4.41. The van der Waals surface area contributed by atoms with Crippen molar-refractivity contribution in [2.24, 2.45) is 0 Å². The largest absolute Gasteiger partial charge is 0.647 e. The first-order valence-corrected chi connectivity index (χ1v) is 8.93. The SMILES string of the molecule is Nc1cccc(OP(=O)(Oc2ccccc2)Oc2cccc(N)c2)c1. The van der Waals surface area contributed by atoms with Gasteiger partial charge in [-0.1, -0.05) is 30.3 Å². The van der Waals surface area contributed by atoms with Crippen LogP contribution in [0.3, 0.4) is 0 Å². The molecule has 0 aromatic heterocycles. The Morgan fingerprint density at radius 3 is 1.52 bits per heavy atom. The standard InChI is InChI=1S/C18H17N2O4P/c19-14-6-4-10-17(12-14)23-25(21,22-16-8-2-1-3-9-16)24-18-11-5-7-15(20)13-18/h1-13H,19-20H2. The van der Waals surface area contributed by atoms with Crippen LogP contribution in [0.4, 0.5) is 11.4 Å². The molecule has 4 N–H and O–H groups in total. The molecule has 25 heavy (non-hydrogen) atoms. The molecule has 0 spiro atoms. The van der Waals surface area contributed by atoms with Crippen molar-refractivity contribution in [3.8, 4) is 17.2 Å². The minimum absolute atomic E-state index is 0.267. The first-order chi connectivity index (χ1) is 12.0. The fourth-order valence-corrected chi connectivity index (χ4v) is 3.30. The molecule has 0 amide bonds. The number of phosphoric ester groups is 1. The number of nitrogen functional groups attached to an aromatic ring is 2. The van der Waals surface area contributed by atoms with Crippen molar-refractivity contribution in [2.45, 2.75) is 0 Å². The molecule has 128 valence electrons. The number of anilines is 2. The zero-order chi connectivity index (χ0) is 17.7. The summed E-state index contributed by atoms with van der Waals surface area (Å²) in [6.07, 6.45) is 0. The Bertz CT molecular complexity index is 851. The van der Waals surface area contributed by atoms with E-state index in [1.807, 2.05) is 6.07 Å². The number of benzene rings is 3. The van der Waals surface area contributed by atoms with Crippen LogP contribution in [0.15, 0.2) is 78.9 Å². The Balaban J connectivity index is 1.90. The summed E-state index contributed by atoms with van der Waals surface area (Å²) in [5.41, 5.74) is 12.4. The van der Waals surface area contributed by atoms with Gasteiger partial charge in [-0.2, -0.15) is 4.57 Å². The summed E-state index contributed by atoms with van der Waals surface area (Å²) in [6, 6.07) is 21.6. The average Bonchev–Trinajstić information content (AvgIpc) is 2.55. The summed E-state index contributed by atoms with van der Waals surface area (Å²) in [5.74, 6) is 0.880. The molecule has 3 aromatic rings. The summed E-state index contributed by atoms with van der Waals surface area (Å²) in [6.45, 7) is 0. The third kappa shape index (κ3) is 4.68. The molecule has 0 saturated heterocycles. The Morgan fingerprint density at radius 1 is 0.600 bits per heavy atom. The molecular formula is C18H17N2O4P. The van der Waals surface area contributed by atoms with Crippen LogP contribution in [-0.2, 0) is 4.57 Å². The van der Waals surface area contributed by atoms with E-state index in [9.17, 15) is 4.57 Å². The van der Waals surface area contributed by atoms with E-state index in [1.54, 1.807) is 60.7 Å². The quantitative estimate of drug-likeness (QED) is 0.499. The van der Waals surface area contributed by atoms with Gasteiger partial charge in [0.05, 0.1) is 0 Å². The van der Waals surface area contributed by atoms with Crippen molar-refractivity contribution >= 4 is 19.2 Å². The highest BCUT2D eigenvalue weighted by Crippen LogP contribution is 2.50. The Labute approximate surface area is 145 Å². The Morgan fingerprint density at radius 2 is 1.04 bits per heavy atom. The van der Waals surface area contributed by atoms with E-state index in [-0.39, 0.29) is 11.5 Å². The number of hydrogen-bond donors (Lipinski definition) is 2. The summed E-state index contributed by atoms with van der Waals surface area (Å²) >= 11 is 0. The second-order valence-electron chi connectivity index (χ2n) is 5.18. The molecule has 7 heteroatoms. The van der Waals surface area contributed by atoms with Crippen LogP contribution in [0, 0.1) is 0 Å². The molecule has 6 nitrogen and oxygen atoms in total. The second-order valence-corrected chi connectivity index (χ2v) is 6.62. The van der Waals surface area contributed by atoms with Crippen molar-refractivity contribution in [2.75, 3.05) is 11.5 Å². The highest BCUT2D eigenvalue weighted by Gasteiger charge is 2.33. The van der Waals surface area contributed by atoms with Gasteiger partial charge in [-0.05, 0) is 36.4 Å². The lowest BCUT2D eigenvalue weighted by Crippen LogP contribution is -2.08. The van der Waals surface area contributed by atoms with Crippen molar-refractivity contribution < 1.29 is 18.1 Å². The molecule has 0 unspecified atom stereocenters. The molecule has 3 aromatic carbocycles. The molecule has 0 aliphatic carbocycles. The summed E-state index contributed by atoms with van der Waals surface area (Å²) < 4.78 is 29.8. The smallest absolute Gasteiger partial charge is 0.399 e. The number of phosphoric acid groups is 1. The number of rotatable bonds is 6. The third-order valence-electron chi connectivity index (χ3n) is 3.11. The predicted octanol–water partition coefficient (Wildman–Crippen LogP) is 4.50. The van der Waals surface area contributed by atoms with Crippen molar-refractivity contribution in [3.63, 3.8) is 0 Å². The Kier molecular flexibility index (Phi) is 4.82. The van der Waals surface area contributed by atoms with Gasteiger partial charge in [0.1, 0.15) is 17.2 Å². The minimum atomic E-state index is -4.04. The van der Waals surface area contributed by atoms with Gasteiger partial charge < -0.3 is 25.0 Å². The van der Waals surface area contributed by atoms with Crippen LogP contribution < -0.4 is 25.0 Å². The topological polar surface area (TPSA) is 96.8 Å². The fraction of sp³-hybridized carbons (Fsp3) is 0. The van der Waals surface area contributed by atoms with Crippen LogP contribution in [0.1, 0.15) is 0 Å². The van der Waals surface area contributed by atoms with E-state index in [2.05, 4.69) is 0 Å². The summed E-state index contributed by atoms with van der Waals surface area (Å²) in [4.78, 5) is 0. The van der Waals surface area contributed by atoms with E-state index in [4.69, 9.17) is 25.0 Å². The van der Waals surface area contributed by atoms with Gasteiger partial charge >= 0.3 is 7.82 Å². The van der Waals surface area contributed by atoms with Crippen LogP contribution in [0.2, 0.25) is 0 Å². The van der Waals surface area contributed by atoms with E-state index in [1.165, 1.54) is 12.1 Å². The molecule has 0 saturated carbocycles. The fourth-order valence-electron chi connectivity index (χ4n) is 2.07. The predicted molar refractivity (Wildman–Crippen MR) is 97.6 cm³/mol. The summed E-state index contributed by atoms with van der Waals surface area (Å²) in [7, 11) is -4.04. The molecule has 0 atom stereocenters. The highest BCUT2D eigenvalue weighted by atomic mass is 31.2. The second kappa shape index (κ2) is 7.20. The molecule has 3 rings (SSSR count). The molecular weight excluding hydrogens is 339 g/mol. The van der Waals surface area contributed by atoms with Crippen LogP contribution in [-0.4, -0.2) is 0 Å². The van der Waals surface area contributed by atoms with Gasteiger partial charge in [0.15, 0.2) is 0 Å². The van der Waals surface area contributed by atoms with Gasteiger partial charge in [0.25, 0.3) is 0 Å². The van der Waals surface area contributed by atoms with Crippen molar-refractivity contribution in [3.05, 3.63) is 78.9 Å². The first kappa shape index (κ1) is 16.7. The van der Waals surface area contributed by atoms with Gasteiger partial charge in [-0.25, -0.2) is 0 Å². The van der Waals surface area contributed by atoms with Gasteiger partial charge in [0.2, 0.25) is 0 Å². The Hall–Kier alpha value is -3.11. The molecule has 0 bridgehead atoms. The highest BCUT2D eigenvalue weighted by molar-refractivity contribution is 7.49.